The highest BCUT2D eigenvalue weighted by molar-refractivity contribution is 7.99. The summed E-state index contributed by atoms with van der Waals surface area (Å²) >= 11 is 1.29. The van der Waals surface area contributed by atoms with Gasteiger partial charge in [0.25, 0.3) is 0 Å². The zero-order valence-electron chi connectivity index (χ0n) is 15.7. The minimum absolute atomic E-state index is 0.175. The zero-order chi connectivity index (χ0) is 19.9. The Labute approximate surface area is 167 Å². The molecule has 2 aromatic carbocycles. The number of amides is 1. The maximum atomic E-state index is 12.9. The van der Waals surface area contributed by atoms with E-state index >= 15 is 0 Å². The second-order valence-electron chi connectivity index (χ2n) is 6.09. The molecule has 0 fully saturated rings. The number of hydrogen-bond donors (Lipinski definition) is 1. The van der Waals surface area contributed by atoms with Gasteiger partial charge in [0.15, 0.2) is 11.0 Å². The van der Waals surface area contributed by atoms with E-state index in [1.54, 1.807) is 0 Å². The van der Waals surface area contributed by atoms with Crippen LogP contribution in [0.1, 0.15) is 18.3 Å². The first kappa shape index (κ1) is 19.9. The van der Waals surface area contributed by atoms with Crippen LogP contribution in [0.5, 0.6) is 5.75 Å². The summed E-state index contributed by atoms with van der Waals surface area (Å²) in [5, 5.41) is 11.7. The van der Waals surface area contributed by atoms with E-state index in [1.807, 2.05) is 42.7 Å². The van der Waals surface area contributed by atoms with Gasteiger partial charge in [-0.15, -0.1) is 10.2 Å². The SMILES string of the molecule is CCn1c(COc2ccc(C)cc2)nnc1SCC(=O)Nc1ccc(F)cc1. The number of benzene rings is 2. The highest BCUT2D eigenvalue weighted by atomic mass is 32.2. The van der Waals surface area contributed by atoms with Crippen LogP contribution < -0.4 is 10.1 Å². The molecule has 0 atom stereocenters. The first-order chi connectivity index (χ1) is 13.5. The van der Waals surface area contributed by atoms with Crippen molar-refractivity contribution < 1.29 is 13.9 Å². The number of thioether (sulfide) groups is 1. The molecule has 146 valence electrons. The van der Waals surface area contributed by atoms with Gasteiger partial charge >= 0.3 is 0 Å². The van der Waals surface area contributed by atoms with Gasteiger partial charge < -0.3 is 14.6 Å². The third-order valence-corrected chi connectivity index (χ3v) is 4.93. The summed E-state index contributed by atoms with van der Waals surface area (Å²) in [6, 6.07) is 13.4. The predicted octanol–water partition coefficient (Wildman–Crippen LogP) is 4.06. The molecule has 6 nitrogen and oxygen atoms in total. The summed E-state index contributed by atoms with van der Waals surface area (Å²) in [6.45, 7) is 4.97. The standard InChI is InChI=1S/C20H21FN4O2S/c1-3-25-18(12-27-17-10-4-14(2)5-11-17)23-24-20(25)28-13-19(26)22-16-8-6-15(21)7-9-16/h4-11H,3,12-13H2,1-2H3,(H,22,26). The fraction of sp³-hybridized carbons (Fsp3) is 0.250. The summed E-state index contributed by atoms with van der Waals surface area (Å²) in [5.74, 6) is 1.10. The van der Waals surface area contributed by atoms with E-state index in [9.17, 15) is 9.18 Å². The third kappa shape index (κ3) is 5.32. The molecule has 0 spiro atoms. The summed E-state index contributed by atoms with van der Waals surface area (Å²) in [4.78, 5) is 12.1. The van der Waals surface area contributed by atoms with Gasteiger partial charge in [0.05, 0.1) is 5.75 Å². The molecule has 0 aliphatic heterocycles. The van der Waals surface area contributed by atoms with Crippen molar-refractivity contribution in [3.63, 3.8) is 0 Å². The molecule has 1 aromatic heterocycles. The Morgan fingerprint density at radius 1 is 1.14 bits per heavy atom. The van der Waals surface area contributed by atoms with Crippen molar-refractivity contribution in [1.82, 2.24) is 14.8 Å². The minimum atomic E-state index is -0.344. The lowest BCUT2D eigenvalue weighted by Crippen LogP contribution is -2.15. The lowest BCUT2D eigenvalue weighted by atomic mass is 10.2. The molecule has 0 unspecified atom stereocenters. The second-order valence-corrected chi connectivity index (χ2v) is 7.03. The van der Waals surface area contributed by atoms with Crippen LogP contribution in [0.15, 0.2) is 53.7 Å². The van der Waals surface area contributed by atoms with Crippen molar-refractivity contribution in [3.8, 4) is 5.75 Å². The maximum absolute atomic E-state index is 12.9. The van der Waals surface area contributed by atoms with Gasteiger partial charge in [0.1, 0.15) is 18.2 Å². The van der Waals surface area contributed by atoms with Gasteiger partial charge in [0, 0.05) is 12.2 Å². The second kappa shape index (κ2) is 9.36. The molecule has 0 aliphatic rings. The van der Waals surface area contributed by atoms with E-state index in [-0.39, 0.29) is 17.5 Å². The normalized spacial score (nSPS) is 10.7. The van der Waals surface area contributed by atoms with Crippen LogP contribution in [0.25, 0.3) is 0 Å². The molecule has 8 heteroatoms. The average molecular weight is 400 g/mol. The number of nitrogens with zero attached hydrogens (tertiary/aromatic N) is 3. The van der Waals surface area contributed by atoms with E-state index < -0.39 is 0 Å². The molecule has 0 radical (unpaired) electrons. The van der Waals surface area contributed by atoms with E-state index in [1.165, 1.54) is 41.6 Å². The molecule has 3 rings (SSSR count). The van der Waals surface area contributed by atoms with E-state index in [2.05, 4.69) is 15.5 Å². The van der Waals surface area contributed by atoms with E-state index in [4.69, 9.17) is 4.74 Å². The van der Waals surface area contributed by atoms with E-state index in [0.717, 1.165) is 5.75 Å². The molecule has 28 heavy (non-hydrogen) atoms. The maximum Gasteiger partial charge on any atom is 0.234 e. The quantitative estimate of drug-likeness (QED) is 0.578. The van der Waals surface area contributed by atoms with Crippen molar-refractivity contribution in [3.05, 3.63) is 65.7 Å². The highest BCUT2D eigenvalue weighted by Crippen LogP contribution is 2.19. The molecular formula is C20H21FN4O2S. The lowest BCUT2D eigenvalue weighted by Gasteiger charge is -2.09. The first-order valence-electron chi connectivity index (χ1n) is 8.85. The van der Waals surface area contributed by atoms with Gasteiger partial charge in [-0.25, -0.2) is 4.39 Å². The number of halogens is 1. The number of anilines is 1. The average Bonchev–Trinajstić information content (AvgIpc) is 3.09. The van der Waals surface area contributed by atoms with Crippen molar-refractivity contribution in [2.24, 2.45) is 0 Å². The Morgan fingerprint density at radius 3 is 2.54 bits per heavy atom. The molecule has 1 N–H and O–H groups in total. The third-order valence-electron chi connectivity index (χ3n) is 3.96. The molecule has 1 heterocycles. The van der Waals surface area contributed by atoms with E-state index in [0.29, 0.717) is 29.8 Å². The van der Waals surface area contributed by atoms with Crippen LogP contribution in [0.3, 0.4) is 0 Å². The predicted molar refractivity (Wildman–Crippen MR) is 107 cm³/mol. The Morgan fingerprint density at radius 2 is 1.86 bits per heavy atom. The number of carbonyl (C=O) groups is 1. The number of ether oxygens (including phenoxy) is 1. The zero-order valence-corrected chi connectivity index (χ0v) is 16.5. The highest BCUT2D eigenvalue weighted by Gasteiger charge is 2.14. The summed E-state index contributed by atoms with van der Waals surface area (Å²) < 4.78 is 20.6. The van der Waals surface area contributed by atoms with Crippen molar-refractivity contribution in [2.75, 3.05) is 11.1 Å². The molecule has 3 aromatic rings. The molecule has 1 amide bonds. The van der Waals surface area contributed by atoms with Crippen molar-refractivity contribution in [2.45, 2.75) is 32.2 Å². The first-order valence-corrected chi connectivity index (χ1v) is 9.83. The molecular weight excluding hydrogens is 379 g/mol. The van der Waals surface area contributed by atoms with Crippen LogP contribution in [0, 0.1) is 12.7 Å². The molecule has 0 aliphatic carbocycles. The van der Waals surface area contributed by atoms with Gasteiger partial charge in [-0.2, -0.15) is 0 Å². The van der Waals surface area contributed by atoms with Gasteiger partial charge in [-0.1, -0.05) is 29.5 Å². The number of carbonyl (C=O) groups excluding carboxylic acids is 1. The molecule has 0 saturated carbocycles. The smallest absolute Gasteiger partial charge is 0.234 e. The van der Waals surface area contributed by atoms with Gasteiger partial charge in [0.2, 0.25) is 5.91 Å². The number of hydrogen-bond acceptors (Lipinski definition) is 5. The van der Waals surface area contributed by atoms with Gasteiger partial charge in [-0.05, 0) is 50.2 Å². The molecule has 0 bridgehead atoms. The summed E-state index contributed by atoms with van der Waals surface area (Å²) in [5.41, 5.74) is 1.72. The summed E-state index contributed by atoms with van der Waals surface area (Å²) in [6.07, 6.45) is 0. The van der Waals surface area contributed by atoms with Crippen LogP contribution in [0.2, 0.25) is 0 Å². The topological polar surface area (TPSA) is 69.0 Å². The Hall–Kier alpha value is -2.87. The van der Waals surface area contributed by atoms with Crippen LogP contribution in [0.4, 0.5) is 10.1 Å². The number of rotatable bonds is 8. The molecule has 0 saturated heterocycles. The fourth-order valence-corrected chi connectivity index (χ4v) is 3.31. The van der Waals surface area contributed by atoms with Crippen molar-refractivity contribution >= 4 is 23.4 Å². The minimum Gasteiger partial charge on any atom is -0.486 e. The fourth-order valence-electron chi connectivity index (χ4n) is 2.49. The number of aromatic nitrogens is 3. The number of aryl methyl sites for hydroxylation is 1. The largest absolute Gasteiger partial charge is 0.486 e. The Kier molecular flexibility index (Phi) is 6.65. The number of nitrogens with one attached hydrogen (secondary N) is 1. The lowest BCUT2D eigenvalue weighted by molar-refractivity contribution is -0.113. The Balaban J connectivity index is 1.56. The monoisotopic (exact) mass is 400 g/mol. The van der Waals surface area contributed by atoms with Crippen LogP contribution in [-0.4, -0.2) is 26.4 Å². The van der Waals surface area contributed by atoms with Gasteiger partial charge in [-0.3, -0.25) is 4.79 Å². The Bertz CT molecular complexity index is 926. The van der Waals surface area contributed by atoms with Crippen molar-refractivity contribution in [1.29, 1.82) is 0 Å². The summed E-state index contributed by atoms with van der Waals surface area (Å²) in [7, 11) is 0. The van der Waals surface area contributed by atoms with Crippen LogP contribution in [-0.2, 0) is 17.9 Å². The van der Waals surface area contributed by atoms with Crippen LogP contribution >= 0.6 is 11.8 Å².